The predicted molar refractivity (Wildman–Crippen MR) is 43.8 cm³/mol. The lowest BCUT2D eigenvalue weighted by atomic mass is 10.2. The van der Waals surface area contributed by atoms with Gasteiger partial charge in [-0.25, -0.2) is 4.79 Å². The fourth-order valence-electron chi connectivity index (χ4n) is 0.811. The quantitative estimate of drug-likeness (QED) is 0.696. The van der Waals surface area contributed by atoms with Crippen molar-refractivity contribution in [3.8, 4) is 6.07 Å². The molecule has 0 bridgehead atoms. The van der Waals surface area contributed by atoms with Gasteiger partial charge in [0.25, 0.3) is 0 Å². The van der Waals surface area contributed by atoms with Crippen LogP contribution in [0.3, 0.4) is 0 Å². The Labute approximate surface area is 74.6 Å². The van der Waals surface area contributed by atoms with Crippen molar-refractivity contribution in [3.05, 3.63) is 29.6 Å². The van der Waals surface area contributed by atoms with Gasteiger partial charge in [0.2, 0.25) is 0 Å². The highest BCUT2D eigenvalue weighted by Crippen LogP contribution is 1.99. The molecule has 1 rings (SSSR count). The third-order valence-corrected chi connectivity index (χ3v) is 1.37. The Kier molecular flexibility index (Phi) is 2.82. The highest BCUT2D eigenvalue weighted by atomic mass is 16.4. The standard InChI is InChI=1S/C8H7N3O2/c9-4-6-1-2-10-7(3-6)5-11-8(12)13/h1-3,11H,5H2,(H,12,13). The van der Waals surface area contributed by atoms with Crippen LogP contribution in [0.15, 0.2) is 18.3 Å². The molecular weight excluding hydrogens is 170 g/mol. The molecule has 0 saturated carbocycles. The summed E-state index contributed by atoms with van der Waals surface area (Å²) in [6.07, 6.45) is 0.362. The van der Waals surface area contributed by atoms with Gasteiger partial charge in [0, 0.05) is 6.20 Å². The second-order valence-electron chi connectivity index (χ2n) is 2.31. The van der Waals surface area contributed by atoms with Crippen LogP contribution in [0.25, 0.3) is 0 Å². The topological polar surface area (TPSA) is 86.0 Å². The van der Waals surface area contributed by atoms with Crippen LogP contribution < -0.4 is 5.32 Å². The molecule has 13 heavy (non-hydrogen) atoms. The summed E-state index contributed by atoms with van der Waals surface area (Å²) >= 11 is 0. The Morgan fingerprint density at radius 3 is 3.15 bits per heavy atom. The molecular formula is C8H7N3O2. The van der Waals surface area contributed by atoms with Crippen molar-refractivity contribution in [3.63, 3.8) is 0 Å². The molecule has 1 aromatic heterocycles. The summed E-state index contributed by atoms with van der Waals surface area (Å²) in [5, 5.41) is 19.0. The zero-order valence-electron chi connectivity index (χ0n) is 6.69. The van der Waals surface area contributed by atoms with Gasteiger partial charge in [-0.1, -0.05) is 0 Å². The van der Waals surface area contributed by atoms with Crippen LogP contribution in [0.1, 0.15) is 11.3 Å². The van der Waals surface area contributed by atoms with E-state index in [-0.39, 0.29) is 6.54 Å². The summed E-state index contributed by atoms with van der Waals surface area (Å²) < 4.78 is 0. The number of carbonyl (C=O) groups is 1. The van der Waals surface area contributed by atoms with E-state index in [4.69, 9.17) is 10.4 Å². The molecule has 0 aliphatic carbocycles. The van der Waals surface area contributed by atoms with Crippen molar-refractivity contribution in [1.82, 2.24) is 10.3 Å². The molecule has 0 aliphatic heterocycles. The van der Waals surface area contributed by atoms with E-state index in [1.807, 2.05) is 6.07 Å². The Morgan fingerprint density at radius 1 is 1.77 bits per heavy atom. The van der Waals surface area contributed by atoms with E-state index >= 15 is 0 Å². The second-order valence-corrected chi connectivity index (χ2v) is 2.31. The summed E-state index contributed by atoms with van der Waals surface area (Å²) in [6, 6.07) is 5.04. The van der Waals surface area contributed by atoms with Gasteiger partial charge in [-0.05, 0) is 12.1 Å². The Bertz CT molecular complexity index is 357. The molecule has 0 fully saturated rings. The molecule has 0 aliphatic rings. The van der Waals surface area contributed by atoms with E-state index in [9.17, 15) is 4.79 Å². The van der Waals surface area contributed by atoms with E-state index in [0.717, 1.165) is 0 Å². The lowest BCUT2D eigenvalue weighted by molar-refractivity contribution is 0.194. The summed E-state index contributed by atoms with van der Waals surface area (Å²) in [5.41, 5.74) is 0.999. The lowest BCUT2D eigenvalue weighted by Gasteiger charge is -1.99. The number of pyridine rings is 1. The minimum Gasteiger partial charge on any atom is -0.465 e. The summed E-state index contributed by atoms with van der Waals surface area (Å²) in [4.78, 5) is 14.0. The van der Waals surface area contributed by atoms with Crippen molar-refractivity contribution in [2.75, 3.05) is 0 Å². The molecule has 0 aromatic carbocycles. The van der Waals surface area contributed by atoms with Gasteiger partial charge in [0.05, 0.1) is 23.9 Å². The average molecular weight is 177 g/mol. The number of amides is 1. The Balaban J connectivity index is 2.68. The van der Waals surface area contributed by atoms with Gasteiger partial charge in [0.1, 0.15) is 0 Å². The first-order valence-corrected chi connectivity index (χ1v) is 3.54. The Morgan fingerprint density at radius 2 is 2.54 bits per heavy atom. The maximum atomic E-state index is 10.1. The average Bonchev–Trinajstić information content (AvgIpc) is 2.15. The third kappa shape index (κ3) is 2.79. The van der Waals surface area contributed by atoms with Gasteiger partial charge < -0.3 is 10.4 Å². The SMILES string of the molecule is N#Cc1ccnc(CNC(=O)O)c1. The number of carboxylic acid groups (broad SMARTS) is 1. The van der Waals surface area contributed by atoms with E-state index in [0.29, 0.717) is 11.3 Å². The third-order valence-electron chi connectivity index (χ3n) is 1.37. The predicted octanol–water partition coefficient (Wildman–Crippen LogP) is 0.721. The van der Waals surface area contributed by atoms with Crippen molar-refractivity contribution in [2.24, 2.45) is 0 Å². The first-order valence-electron chi connectivity index (χ1n) is 3.54. The molecule has 2 N–H and O–H groups in total. The van der Waals surface area contributed by atoms with Crippen molar-refractivity contribution < 1.29 is 9.90 Å². The minimum atomic E-state index is -1.11. The number of nitriles is 1. The van der Waals surface area contributed by atoms with Crippen LogP contribution in [0, 0.1) is 11.3 Å². The van der Waals surface area contributed by atoms with Crippen molar-refractivity contribution in [1.29, 1.82) is 5.26 Å². The number of hydrogen-bond acceptors (Lipinski definition) is 3. The highest BCUT2D eigenvalue weighted by Gasteiger charge is 1.98. The number of nitrogens with one attached hydrogen (secondary N) is 1. The summed E-state index contributed by atoms with van der Waals surface area (Å²) in [6.45, 7) is 0.116. The maximum absolute atomic E-state index is 10.1. The molecule has 0 atom stereocenters. The molecule has 0 radical (unpaired) electrons. The number of hydrogen-bond donors (Lipinski definition) is 2. The Hall–Kier alpha value is -2.09. The van der Waals surface area contributed by atoms with Crippen molar-refractivity contribution >= 4 is 6.09 Å². The van der Waals surface area contributed by atoms with Crippen LogP contribution in [-0.4, -0.2) is 16.2 Å². The number of aromatic nitrogens is 1. The molecule has 1 aromatic rings. The first kappa shape index (κ1) is 9.00. The monoisotopic (exact) mass is 177 g/mol. The van der Waals surface area contributed by atoms with Gasteiger partial charge in [-0.15, -0.1) is 0 Å². The van der Waals surface area contributed by atoms with Gasteiger partial charge in [0.15, 0.2) is 0 Å². The zero-order valence-corrected chi connectivity index (χ0v) is 6.69. The van der Waals surface area contributed by atoms with E-state index in [2.05, 4.69) is 10.3 Å². The van der Waals surface area contributed by atoms with Crippen LogP contribution >= 0.6 is 0 Å². The lowest BCUT2D eigenvalue weighted by Crippen LogP contribution is -2.20. The molecule has 1 heterocycles. The van der Waals surface area contributed by atoms with Crippen LogP contribution in [0.4, 0.5) is 4.79 Å². The second kappa shape index (κ2) is 4.07. The molecule has 5 heteroatoms. The highest BCUT2D eigenvalue weighted by molar-refractivity contribution is 5.64. The van der Waals surface area contributed by atoms with Gasteiger partial charge >= 0.3 is 6.09 Å². The number of rotatable bonds is 2. The first-order chi connectivity index (χ1) is 6.22. The zero-order chi connectivity index (χ0) is 9.68. The summed E-state index contributed by atoms with van der Waals surface area (Å²) in [5.74, 6) is 0. The molecule has 0 spiro atoms. The molecule has 1 amide bonds. The fraction of sp³-hybridized carbons (Fsp3) is 0.125. The maximum Gasteiger partial charge on any atom is 0.404 e. The molecule has 0 saturated heterocycles. The smallest absolute Gasteiger partial charge is 0.404 e. The fourth-order valence-corrected chi connectivity index (χ4v) is 0.811. The normalized spacial score (nSPS) is 8.85. The van der Waals surface area contributed by atoms with E-state index in [1.54, 1.807) is 6.07 Å². The molecule has 66 valence electrons. The number of nitrogens with zero attached hydrogens (tertiary/aromatic N) is 2. The van der Waals surface area contributed by atoms with Crippen molar-refractivity contribution in [2.45, 2.75) is 6.54 Å². The largest absolute Gasteiger partial charge is 0.465 e. The summed E-state index contributed by atoms with van der Waals surface area (Å²) in [7, 11) is 0. The van der Waals surface area contributed by atoms with E-state index in [1.165, 1.54) is 12.3 Å². The van der Waals surface area contributed by atoms with Gasteiger partial charge in [-0.3, -0.25) is 4.98 Å². The molecule has 0 unspecified atom stereocenters. The van der Waals surface area contributed by atoms with Crippen LogP contribution in [0.5, 0.6) is 0 Å². The van der Waals surface area contributed by atoms with Crippen LogP contribution in [-0.2, 0) is 6.54 Å². The van der Waals surface area contributed by atoms with Gasteiger partial charge in [-0.2, -0.15) is 5.26 Å². The minimum absolute atomic E-state index is 0.116. The molecule has 5 nitrogen and oxygen atoms in total. The van der Waals surface area contributed by atoms with Crippen LogP contribution in [0.2, 0.25) is 0 Å². The van der Waals surface area contributed by atoms with E-state index < -0.39 is 6.09 Å².